The number of carboxylic acids is 2. The van der Waals surface area contributed by atoms with Crippen molar-refractivity contribution in [1.29, 1.82) is 0 Å². The molecule has 0 radical (unpaired) electrons. The van der Waals surface area contributed by atoms with Crippen LogP contribution in [0.15, 0.2) is 30.3 Å². The second-order valence-electron chi connectivity index (χ2n) is 7.36. The van der Waals surface area contributed by atoms with Crippen LogP contribution in [0.1, 0.15) is 83.1 Å². The first-order valence-corrected chi connectivity index (χ1v) is 12.1. The minimum Gasteiger partial charge on any atom is -0.481 e. The molecule has 7 nitrogen and oxygen atoms in total. The Kier molecular flexibility index (Phi) is 15.7. The molecule has 0 saturated carbocycles. The molecule has 172 valence electrons. The number of aryl methyl sites for hydroxylation is 1. The van der Waals surface area contributed by atoms with Gasteiger partial charge in [-0.05, 0) is 18.4 Å². The number of rotatable bonds is 15. The van der Waals surface area contributed by atoms with Crippen molar-refractivity contribution in [3.8, 4) is 0 Å². The Morgan fingerprint density at radius 1 is 0.833 bits per heavy atom. The highest BCUT2D eigenvalue weighted by Crippen LogP contribution is 2.12. The third-order valence-electron chi connectivity index (χ3n) is 4.66. The highest BCUT2D eigenvalue weighted by atomic mass is 32.2. The van der Waals surface area contributed by atoms with Crippen LogP contribution >= 0.6 is 0 Å². The van der Waals surface area contributed by atoms with Crippen molar-refractivity contribution in [2.24, 2.45) is 0 Å². The Bertz CT molecular complexity index is 687. The van der Waals surface area contributed by atoms with Gasteiger partial charge in [0.2, 0.25) is 0 Å². The van der Waals surface area contributed by atoms with Crippen LogP contribution in [0, 0.1) is 0 Å². The summed E-state index contributed by atoms with van der Waals surface area (Å²) >= 11 is 0. The number of carboxylic acid groups (broad SMARTS) is 2. The van der Waals surface area contributed by atoms with Gasteiger partial charge in [0, 0.05) is 0 Å². The summed E-state index contributed by atoms with van der Waals surface area (Å²) in [5.41, 5.74) is 1.50. The molecular formula is C22H36O7S. The van der Waals surface area contributed by atoms with Crippen molar-refractivity contribution in [1.82, 2.24) is 0 Å². The fourth-order valence-electron chi connectivity index (χ4n) is 2.94. The first-order valence-electron chi connectivity index (χ1n) is 10.6. The molecule has 3 N–H and O–H groups in total. The monoisotopic (exact) mass is 444 g/mol. The molecule has 1 unspecified atom stereocenters. The van der Waals surface area contributed by atoms with Gasteiger partial charge < -0.3 is 10.2 Å². The molecule has 0 fully saturated rings. The van der Waals surface area contributed by atoms with Crippen LogP contribution in [0.25, 0.3) is 0 Å². The molecule has 0 spiro atoms. The van der Waals surface area contributed by atoms with Gasteiger partial charge in [-0.15, -0.1) is 0 Å². The Labute approximate surface area is 180 Å². The molecule has 0 aliphatic rings. The lowest BCUT2D eigenvalue weighted by Crippen LogP contribution is -2.31. The summed E-state index contributed by atoms with van der Waals surface area (Å²) in [6, 6.07) is 10.9. The SMILES string of the molecule is CCCCCCCCCCCCc1ccccc1.O=C(O)CC(C(=O)O)S(=O)(=O)O. The molecule has 1 atom stereocenters. The second kappa shape index (κ2) is 16.8. The van der Waals surface area contributed by atoms with Crippen LogP contribution < -0.4 is 0 Å². The summed E-state index contributed by atoms with van der Waals surface area (Å²) in [7, 11) is -4.84. The normalized spacial score (nSPS) is 11.9. The van der Waals surface area contributed by atoms with Crippen molar-refractivity contribution >= 4 is 22.1 Å². The number of hydrogen-bond acceptors (Lipinski definition) is 4. The van der Waals surface area contributed by atoms with E-state index in [0.717, 1.165) is 0 Å². The molecule has 0 saturated heterocycles. The van der Waals surface area contributed by atoms with Gasteiger partial charge in [0.1, 0.15) is 0 Å². The van der Waals surface area contributed by atoms with E-state index < -0.39 is 33.7 Å². The van der Waals surface area contributed by atoms with Crippen molar-refractivity contribution in [3.63, 3.8) is 0 Å². The molecule has 1 aromatic carbocycles. The summed E-state index contributed by atoms with van der Waals surface area (Å²) in [6.45, 7) is 2.28. The third kappa shape index (κ3) is 15.9. The molecule has 30 heavy (non-hydrogen) atoms. The van der Waals surface area contributed by atoms with Crippen molar-refractivity contribution < 1.29 is 32.8 Å². The van der Waals surface area contributed by atoms with Gasteiger partial charge in [-0.3, -0.25) is 14.1 Å². The van der Waals surface area contributed by atoms with Gasteiger partial charge in [0.25, 0.3) is 10.1 Å². The fraction of sp³-hybridized carbons (Fsp3) is 0.636. The zero-order chi connectivity index (χ0) is 22.8. The highest BCUT2D eigenvalue weighted by molar-refractivity contribution is 7.87. The summed E-state index contributed by atoms with van der Waals surface area (Å²) in [6.07, 6.45) is 14.4. The van der Waals surface area contributed by atoms with Crippen molar-refractivity contribution in [2.45, 2.75) is 89.2 Å². The van der Waals surface area contributed by atoms with E-state index in [1.54, 1.807) is 0 Å². The van der Waals surface area contributed by atoms with Crippen LogP contribution in [0.3, 0.4) is 0 Å². The smallest absolute Gasteiger partial charge is 0.325 e. The number of carbonyl (C=O) groups is 2. The number of aliphatic carboxylic acids is 2. The summed E-state index contributed by atoms with van der Waals surface area (Å²) in [5, 5.41) is 13.9. The largest absolute Gasteiger partial charge is 0.481 e. The van der Waals surface area contributed by atoms with Gasteiger partial charge in [-0.25, -0.2) is 0 Å². The van der Waals surface area contributed by atoms with Crippen LogP contribution in [0.4, 0.5) is 0 Å². The van der Waals surface area contributed by atoms with Crippen LogP contribution in [0.5, 0.6) is 0 Å². The molecule has 0 aliphatic heterocycles. The topological polar surface area (TPSA) is 129 Å². The minimum atomic E-state index is -4.84. The van der Waals surface area contributed by atoms with Crippen LogP contribution in [-0.2, 0) is 26.1 Å². The lowest BCUT2D eigenvalue weighted by molar-refractivity contribution is -0.143. The van der Waals surface area contributed by atoms with E-state index in [0.29, 0.717) is 0 Å². The van der Waals surface area contributed by atoms with E-state index >= 15 is 0 Å². The van der Waals surface area contributed by atoms with E-state index in [1.165, 1.54) is 76.2 Å². The standard InChI is InChI=1S/C18H30.C4H6O7S/c1-2-3-4-5-6-7-8-9-10-12-15-18-16-13-11-14-17-18;5-3(6)1-2(4(7)8)12(9,10)11/h11,13-14,16-17H,2-10,12,15H2,1H3;2H,1H2,(H,5,6)(H,7,8)(H,9,10,11). The zero-order valence-electron chi connectivity index (χ0n) is 17.8. The second-order valence-corrected chi connectivity index (χ2v) is 8.96. The first kappa shape index (κ1) is 28.1. The lowest BCUT2D eigenvalue weighted by Gasteiger charge is -2.04. The molecule has 0 amide bonds. The number of unbranched alkanes of at least 4 members (excludes halogenated alkanes) is 9. The third-order valence-corrected chi connectivity index (χ3v) is 5.74. The van der Waals surface area contributed by atoms with Gasteiger partial charge in [-0.2, -0.15) is 8.42 Å². The average Bonchev–Trinajstić information content (AvgIpc) is 2.68. The minimum absolute atomic E-state index is 1.16. The molecule has 0 aliphatic carbocycles. The molecule has 0 aromatic heterocycles. The molecule has 0 bridgehead atoms. The lowest BCUT2D eigenvalue weighted by atomic mass is 10.0. The van der Waals surface area contributed by atoms with E-state index in [2.05, 4.69) is 37.3 Å². The van der Waals surface area contributed by atoms with E-state index in [4.69, 9.17) is 14.8 Å². The Balaban J connectivity index is 0.000000612. The fourth-order valence-corrected chi connectivity index (χ4v) is 3.55. The highest BCUT2D eigenvalue weighted by Gasteiger charge is 2.33. The first-order chi connectivity index (χ1) is 14.2. The van der Waals surface area contributed by atoms with Gasteiger partial charge in [0.15, 0.2) is 5.25 Å². The molecule has 0 heterocycles. The Hall–Kier alpha value is -1.93. The summed E-state index contributed by atoms with van der Waals surface area (Å²) in [4.78, 5) is 20.0. The molecule has 1 aromatic rings. The zero-order valence-corrected chi connectivity index (χ0v) is 18.6. The molecule has 1 rings (SSSR count). The van der Waals surface area contributed by atoms with Gasteiger partial charge in [-0.1, -0.05) is 95.0 Å². The van der Waals surface area contributed by atoms with E-state index in [1.807, 2.05) is 0 Å². The summed E-state index contributed by atoms with van der Waals surface area (Å²) < 4.78 is 28.7. The molecule has 8 heteroatoms. The van der Waals surface area contributed by atoms with Crippen LogP contribution in [-0.4, -0.2) is 40.4 Å². The van der Waals surface area contributed by atoms with Gasteiger partial charge >= 0.3 is 11.9 Å². The van der Waals surface area contributed by atoms with Crippen molar-refractivity contribution in [3.05, 3.63) is 35.9 Å². The number of benzene rings is 1. The van der Waals surface area contributed by atoms with E-state index in [9.17, 15) is 18.0 Å². The van der Waals surface area contributed by atoms with Gasteiger partial charge in [0.05, 0.1) is 6.42 Å². The number of hydrogen-bond donors (Lipinski definition) is 3. The Morgan fingerprint density at radius 2 is 1.30 bits per heavy atom. The quantitative estimate of drug-likeness (QED) is 0.258. The summed E-state index contributed by atoms with van der Waals surface area (Å²) in [5.74, 6) is -3.50. The maximum Gasteiger partial charge on any atom is 0.325 e. The van der Waals surface area contributed by atoms with Crippen LogP contribution in [0.2, 0.25) is 0 Å². The predicted molar refractivity (Wildman–Crippen MR) is 117 cm³/mol. The average molecular weight is 445 g/mol. The molecular weight excluding hydrogens is 408 g/mol. The maximum absolute atomic E-state index is 10.2. The van der Waals surface area contributed by atoms with E-state index in [-0.39, 0.29) is 0 Å². The Morgan fingerprint density at radius 3 is 1.67 bits per heavy atom. The maximum atomic E-state index is 10.2. The predicted octanol–water partition coefficient (Wildman–Crippen LogP) is 4.95. The van der Waals surface area contributed by atoms with Crippen molar-refractivity contribution in [2.75, 3.05) is 0 Å².